The normalized spacial score (nSPS) is 19.8. The molecular weight excluding hydrogens is 240 g/mol. The molecule has 1 heterocycles. The number of para-hydroxylation sites is 1. The van der Waals surface area contributed by atoms with E-state index < -0.39 is 16.4 Å². The van der Waals surface area contributed by atoms with Crippen LogP contribution in [0.15, 0.2) is 24.3 Å². The van der Waals surface area contributed by atoms with Gasteiger partial charge in [-0.05, 0) is 18.1 Å². The Balaban J connectivity index is 2.22. The molecule has 1 atom stereocenters. The van der Waals surface area contributed by atoms with Crippen LogP contribution in [0.2, 0.25) is 0 Å². The van der Waals surface area contributed by atoms with Crippen molar-refractivity contribution < 1.29 is 13.2 Å². The van der Waals surface area contributed by atoms with Crippen LogP contribution >= 0.6 is 0 Å². The molecule has 1 unspecified atom stereocenters. The first-order valence-corrected chi connectivity index (χ1v) is 7.07. The standard InChI is InChI=1S/C11H16N2O3S/c1-2-13(17(12,14)15)11-8-7-9-5-3-4-6-10(9)16-11/h3-6,11H,2,7-8H2,1H3,(H2,12,14,15). The third-order valence-corrected chi connectivity index (χ3v) is 4.00. The van der Waals surface area contributed by atoms with Gasteiger partial charge >= 0.3 is 0 Å². The number of nitrogens with zero attached hydrogens (tertiary/aromatic N) is 1. The molecule has 0 amide bonds. The summed E-state index contributed by atoms with van der Waals surface area (Å²) in [6, 6.07) is 7.64. The van der Waals surface area contributed by atoms with E-state index >= 15 is 0 Å². The number of fused-ring (bicyclic) bond motifs is 1. The second-order valence-electron chi connectivity index (χ2n) is 3.97. The van der Waals surface area contributed by atoms with Gasteiger partial charge in [0.05, 0.1) is 0 Å². The van der Waals surface area contributed by atoms with Crippen LogP contribution in [-0.2, 0) is 16.6 Å². The van der Waals surface area contributed by atoms with E-state index in [0.717, 1.165) is 17.7 Å². The molecule has 0 saturated carbocycles. The summed E-state index contributed by atoms with van der Waals surface area (Å²) in [6.07, 6.45) is 0.929. The Morgan fingerprint density at radius 2 is 2.18 bits per heavy atom. The second kappa shape index (κ2) is 4.64. The Kier molecular flexibility index (Phi) is 3.37. The number of hydrogen-bond donors (Lipinski definition) is 1. The minimum Gasteiger partial charge on any atom is -0.474 e. The van der Waals surface area contributed by atoms with Crippen molar-refractivity contribution in [3.8, 4) is 5.75 Å². The van der Waals surface area contributed by atoms with Gasteiger partial charge in [-0.3, -0.25) is 0 Å². The van der Waals surface area contributed by atoms with Crippen LogP contribution in [0.25, 0.3) is 0 Å². The monoisotopic (exact) mass is 256 g/mol. The highest BCUT2D eigenvalue weighted by Crippen LogP contribution is 2.28. The van der Waals surface area contributed by atoms with E-state index in [9.17, 15) is 8.42 Å². The molecule has 0 fully saturated rings. The zero-order valence-corrected chi connectivity index (χ0v) is 10.5. The topological polar surface area (TPSA) is 72.6 Å². The lowest BCUT2D eigenvalue weighted by molar-refractivity contribution is 0.0703. The van der Waals surface area contributed by atoms with Crippen molar-refractivity contribution in [2.45, 2.75) is 26.0 Å². The quantitative estimate of drug-likeness (QED) is 0.872. The summed E-state index contributed by atoms with van der Waals surface area (Å²) >= 11 is 0. The maximum absolute atomic E-state index is 11.4. The predicted octanol–water partition coefficient (Wildman–Crippen LogP) is 0.863. The highest BCUT2D eigenvalue weighted by molar-refractivity contribution is 7.86. The Bertz CT molecular complexity index is 501. The summed E-state index contributed by atoms with van der Waals surface area (Å²) in [7, 11) is -3.71. The van der Waals surface area contributed by atoms with Gasteiger partial charge in [0.2, 0.25) is 0 Å². The summed E-state index contributed by atoms with van der Waals surface area (Å²) in [5.41, 5.74) is 1.11. The number of rotatable bonds is 3. The molecule has 1 aromatic carbocycles. The van der Waals surface area contributed by atoms with Crippen molar-refractivity contribution >= 4 is 10.2 Å². The van der Waals surface area contributed by atoms with Gasteiger partial charge in [0.1, 0.15) is 5.75 Å². The summed E-state index contributed by atoms with van der Waals surface area (Å²) in [5, 5.41) is 5.16. The molecule has 0 bridgehead atoms. The van der Waals surface area contributed by atoms with E-state index in [4.69, 9.17) is 9.88 Å². The Labute approximate surface area is 101 Å². The molecule has 17 heavy (non-hydrogen) atoms. The molecule has 1 aliphatic heterocycles. The van der Waals surface area contributed by atoms with Gasteiger partial charge < -0.3 is 4.74 Å². The van der Waals surface area contributed by atoms with Gasteiger partial charge in [-0.1, -0.05) is 25.1 Å². The molecule has 94 valence electrons. The lowest BCUT2D eigenvalue weighted by Gasteiger charge is -2.32. The fraction of sp³-hybridized carbons (Fsp3) is 0.455. The van der Waals surface area contributed by atoms with E-state index in [1.54, 1.807) is 6.92 Å². The van der Waals surface area contributed by atoms with E-state index in [1.165, 1.54) is 4.31 Å². The number of benzene rings is 1. The second-order valence-corrected chi connectivity index (χ2v) is 5.47. The Morgan fingerprint density at radius 3 is 2.82 bits per heavy atom. The van der Waals surface area contributed by atoms with Crippen molar-refractivity contribution in [1.29, 1.82) is 0 Å². The molecule has 0 spiro atoms. The van der Waals surface area contributed by atoms with Gasteiger partial charge in [-0.25, -0.2) is 5.14 Å². The average Bonchev–Trinajstić information content (AvgIpc) is 2.28. The molecule has 5 nitrogen and oxygen atoms in total. The van der Waals surface area contributed by atoms with Crippen molar-refractivity contribution in [3.05, 3.63) is 29.8 Å². The maximum atomic E-state index is 11.4. The number of aryl methyl sites for hydroxylation is 1. The highest BCUT2D eigenvalue weighted by atomic mass is 32.2. The van der Waals surface area contributed by atoms with Gasteiger partial charge in [0.15, 0.2) is 6.23 Å². The summed E-state index contributed by atoms with van der Waals surface area (Å²) < 4.78 is 29.7. The minimum absolute atomic E-state index is 0.311. The zero-order valence-electron chi connectivity index (χ0n) is 9.67. The average molecular weight is 256 g/mol. The van der Waals surface area contributed by atoms with Crippen molar-refractivity contribution in [2.24, 2.45) is 5.14 Å². The molecule has 0 saturated heterocycles. The lowest BCUT2D eigenvalue weighted by Crippen LogP contribution is -2.48. The molecule has 2 rings (SSSR count). The van der Waals surface area contributed by atoms with Crippen LogP contribution in [0.4, 0.5) is 0 Å². The summed E-state index contributed by atoms with van der Waals surface area (Å²) in [5.74, 6) is 0.742. The first kappa shape index (κ1) is 12.3. The van der Waals surface area contributed by atoms with Gasteiger partial charge in [-0.15, -0.1) is 0 Å². The van der Waals surface area contributed by atoms with Crippen LogP contribution in [0.1, 0.15) is 18.9 Å². The Hall–Kier alpha value is -1.11. The van der Waals surface area contributed by atoms with E-state index in [2.05, 4.69) is 0 Å². The third-order valence-electron chi connectivity index (χ3n) is 2.86. The maximum Gasteiger partial charge on any atom is 0.279 e. The first-order valence-electron chi connectivity index (χ1n) is 5.56. The molecule has 0 aliphatic carbocycles. The van der Waals surface area contributed by atoms with E-state index in [-0.39, 0.29) is 0 Å². The van der Waals surface area contributed by atoms with Gasteiger partial charge in [0.25, 0.3) is 10.2 Å². The van der Waals surface area contributed by atoms with E-state index in [1.807, 2.05) is 24.3 Å². The predicted molar refractivity (Wildman–Crippen MR) is 64.7 cm³/mol. The first-order chi connectivity index (χ1) is 8.02. The van der Waals surface area contributed by atoms with Gasteiger partial charge in [-0.2, -0.15) is 12.7 Å². The fourth-order valence-corrected chi connectivity index (χ4v) is 2.90. The molecule has 1 aromatic rings. The number of ether oxygens (including phenoxy) is 1. The lowest BCUT2D eigenvalue weighted by atomic mass is 10.1. The minimum atomic E-state index is -3.71. The number of hydrogen-bond acceptors (Lipinski definition) is 3. The van der Waals surface area contributed by atoms with Crippen molar-refractivity contribution in [2.75, 3.05) is 6.54 Å². The van der Waals surface area contributed by atoms with Crippen LogP contribution in [-0.4, -0.2) is 25.5 Å². The molecule has 6 heteroatoms. The molecular formula is C11H16N2O3S. The highest BCUT2D eigenvalue weighted by Gasteiger charge is 2.30. The molecule has 2 N–H and O–H groups in total. The van der Waals surface area contributed by atoms with Crippen LogP contribution in [0.5, 0.6) is 5.75 Å². The smallest absolute Gasteiger partial charge is 0.279 e. The molecule has 0 radical (unpaired) electrons. The third kappa shape index (κ3) is 2.59. The van der Waals surface area contributed by atoms with Crippen LogP contribution in [0, 0.1) is 0 Å². The summed E-state index contributed by atoms with van der Waals surface area (Å²) in [6.45, 7) is 2.06. The number of nitrogens with two attached hydrogens (primary N) is 1. The van der Waals surface area contributed by atoms with Gasteiger partial charge in [0, 0.05) is 13.0 Å². The molecule has 1 aliphatic rings. The largest absolute Gasteiger partial charge is 0.474 e. The Morgan fingerprint density at radius 1 is 1.47 bits per heavy atom. The van der Waals surface area contributed by atoms with Crippen LogP contribution in [0.3, 0.4) is 0 Å². The fourth-order valence-electron chi connectivity index (χ4n) is 2.06. The zero-order chi connectivity index (χ0) is 12.5. The van der Waals surface area contributed by atoms with Crippen molar-refractivity contribution in [1.82, 2.24) is 4.31 Å². The van der Waals surface area contributed by atoms with Crippen LogP contribution < -0.4 is 9.88 Å². The molecule has 0 aromatic heterocycles. The van der Waals surface area contributed by atoms with E-state index in [0.29, 0.717) is 13.0 Å². The SMILES string of the molecule is CCN(C1CCc2ccccc2O1)S(N)(=O)=O. The summed E-state index contributed by atoms with van der Waals surface area (Å²) in [4.78, 5) is 0. The van der Waals surface area contributed by atoms with Crippen molar-refractivity contribution in [3.63, 3.8) is 0 Å².